The zero-order valence-corrected chi connectivity index (χ0v) is 33.9. The van der Waals surface area contributed by atoms with Crippen LogP contribution in [0, 0.1) is 3.57 Å². The number of halogens is 1. The molecule has 280 valence electrons. The van der Waals surface area contributed by atoms with E-state index in [1.807, 2.05) is 6.07 Å². The maximum absolute atomic E-state index is 12.2. The van der Waals surface area contributed by atoms with E-state index in [4.69, 9.17) is 0 Å². The largest absolute Gasteiger partial charge is 0.478 e. The van der Waals surface area contributed by atoms with Crippen LogP contribution < -0.4 is 0 Å². The molecule has 0 aliphatic rings. The van der Waals surface area contributed by atoms with Crippen LogP contribution in [0.3, 0.4) is 0 Å². The third-order valence-corrected chi connectivity index (χ3v) is 12.4. The van der Waals surface area contributed by atoms with Crippen LogP contribution in [0.4, 0.5) is 0 Å². The average molecular weight is 785 g/mol. The summed E-state index contributed by atoms with van der Waals surface area (Å²) < 4.78 is 24.6. The van der Waals surface area contributed by atoms with Gasteiger partial charge in [-0.15, -0.1) is 0 Å². The monoisotopic (exact) mass is 784 g/mol. The predicted molar refractivity (Wildman–Crippen MR) is 214 cm³/mol. The Bertz CT molecular complexity index is 962. The first-order chi connectivity index (χ1) is 23.5. The van der Waals surface area contributed by atoms with E-state index in [2.05, 4.69) is 13.8 Å². The fraction of sp³-hybridized carbons (Fsp3) is 0.837. The number of carboxylic acids is 1. The third kappa shape index (κ3) is 25.0. The van der Waals surface area contributed by atoms with Gasteiger partial charge in [-0.05, 0) is 42.9 Å². The molecule has 0 unspecified atom stereocenters. The van der Waals surface area contributed by atoms with E-state index in [-0.39, 0.29) is 9.13 Å². The van der Waals surface area contributed by atoms with Crippen molar-refractivity contribution in [3.63, 3.8) is 0 Å². The fourth-order valence-corrected chi connectivity index (χ4v) is 9.01. The van der Waals surface area contributed by atoms with Crippen LogP contribution in [0.2, 0.25) is 0 Å². The van der Waals surface area contributed by atoms with Crippen molar-refractivity contribution < 1.29 is 16.0 Å². The van der Waals surface area contributed by atoms with Crippen LogP contribution in [0.1, 0.15) is 241 Å². The van der Waals surface area contributed by atoms with E-state index in [0.717, 1.165) is 43.2 Å². The lowest BCUT2D eigenvalue weighted by molar-refractivity contribution is 0.0695. The molecule has 48 heavy (non-hydrogen) atoms. The normalized spacial score (nSPS) is 11.6. The molecule has 0 spiro atoms. The molecule has 0 radical (unpaired) electrons. The van der Waals surface area contributed by atoms with Crippen molar-refractivity contribution >= 4 is 25.8 Å². The van der Waals surface area contributed by atoms with Gasteiger partial charge in [0, 0.05) is 0 Å². The highest BCUT2D eigenvalue weighted by molar-refractivity contribution is 14.2. The maximum Gasteiger partial charge on any atom is 0.342 e. The van der Waals surface area contributed by atoms with Crippen molar-refractivity contribution in [3.05, 3.63) is 32.4 Å². The third-order valence-electron chi connectivity index (χ3n) is 10.2. The first-order valence-corrected chi connectivity index (χ1v) is 23.8. The number of rotatable bonds is 36. The highest BCUT2D eigenvalue weighted by Gasteiger charge is 2.20. The van der Waals surface area contributed by atoms with Crippen molar-refractivity contribution in [3.8, 4) is 0 Å². The number of carboxylic acid groups (broad SMARTS) is 1. The van der Waals surface area contributed by atoms with Crippen LogP contribution >= 0.6 is 19.8 Å². The van der Waals surface area contributed by atoms with Crippen molar-refractivity contribution in [1.82, 2.24) is 0 Å². The summed E-state index contributed by atoms with van der Waals surface area (Å²) in [5, 5.41) is 9.84. The van der Waals surface area contributed by atoms with Gasteiger partial charge in [0.1, 0.15) is 0 Å². The van der Waals surface area contributed by atoms with E-state index in [9.17, 15) is 16.0 Å². The lowest BCUT2D eigenvalue weighted by Gasteiger charge is -2.11. The topological polar surface area (TPSA) is 71.4 Å². The predicted octanol–water partition coefficient (Wildman–Crippen LogP) is 15.4. The molecule has 4 nitrogen and oxygen atoms in total. The zero-order chi connectivity index (χ0) is 34.9. The Hall–Kier alpha value is -0.980. The molecular weight excluding hydrogens is 707 g/mol. The van der Waals surface area contributed by atoms with Gasteiger partial charge in [0.25, 0.3) is 0 Å². The van der Waals surface area contributed by atoms with Crippen molar-refractivity contribution in [2.75, 3.05) is 0 Å². The van der Waals surface area contributed by atoms with Crippen LogP contribution in [-0.4, -0.2) is 11.1 Å². The van der Waals surface area contributed by atoms with Crippen LogP contribution in [-0.2, 0) is 19.0 Å². The highest BCUT2D eigenvalue weighted by atomic mass is 127. The lowest BCUT2D eigenvalue weighted by atomic mass is 9.97. The lowest BCUT2D eigenvalue weighted by Crippen LogP contribution is -2.06. The van der Waals surface area contributed by atoms with Gasteiger partial charge >= 0.3 is 25.8 Å². The first-order valence-electron chi connectivity index (χ1n) is 21.0. The van der Waals surface area contributed by atoms with Gasteiger partial charge in [0.15, 0.2) is 0 Å². The molecule has 1 rings (SSSR count). The fourth-order valence-electron chi connectivity index (χ4n) is 7.16. The summed E-state index contributed by atoms with van der Waals surface area (Å²) in [6.07, 6.45) is 43.7. The minimum absolute atomic E-state index is 0.00526. The Kier molecular flexibility index (Phi) is 31.1. The van der Waals surface area contributed by atoms with Gasteiger partial charge in [-0.3, -0.25) is 0 Å². The summed E-state index contributed by atoms with van der Waals surface area (Å²) in [4.78, 5) is 12.0. The van der Waals surface area contributed by atoms with Gasteiger partial charge in [0.05, 0.1) is 9.13 Å². The zero-order valence-electron chi connectivity index (χ0n) is 31.7. The Labute approximate surface area is 305 Å². The molecule has 0 aromatic heterocycles. The van der Waals surface area contributed by atoms with E-state index >= 15 is 0 Å². The molecule has 0 amide bonds. The number of hydrogen-bond donors (Lipinski definition) is 1. The molecule has 1 aromatic rings. The van der Waals surface area contributed by atoms with E-state index < -0.39 is 25.8 Å². The second-order valence-corrected chi connectivity index (χ2v) is 17.1. The second-order valence-electron chi connectivity index (χ2n) is 14.7. The standard InChI is InChI=1S/C43H77IO4/c1-3-5-7-9-11-13-15-17-19-21-23-25-27-29-31-33-35-39-37-40(42(44(47)48)41(38-39)43(45)46)36-34-32-30-28-26-24-22-20-18-16-14-12-10-8-6-4-2/h37-38H,3-36H2,1-2H3,(H,45,46). The minimum Gasteiger partial charge on any atom is -0.478 e. The molecule has 1 aromatic carbocycles. The summed E-state index contributed by atoms with van der Waals surface area (Å²) in [5.74, 6) is -1.11. The molecule has 0 fully saturated rings. The van der Waals surface area contributed by atoms with Crippen LogP contribution in [0.25, 0.3) is 0 Å². The molecule has 0 heterocycles. The Morgan fingerprint density at radius 1 is 0.458 bits per heavy atom. The first kappa shape index (κ1) is 45.0. The summed E-state index contributed by atoms with van der Waals surface area (Å²) in [6, 6.07) is 3.65. The van der Waals surface area contributed by atoms with Crippen molar-refractivity contribution in [1.29, 1.82) is 0 Å². The summed E-state index contributed by atoms with van der Waals surface area (Å²) >= 11 is -3.92. The minimum atomic E-state index is -3.92. The quantitative estimate of drug-likeness (QED) is 0.0543. The SMILES string of the molecule is CCCCCCCCCCCCCCCCCCc1cc(CCCCCCCCCCCCCCCCCC)c(I(=O)=O)c(C(=O)O)c1. The van der Waals surface area contributed by atoms with Crippen molar-refractivity contribution in [2.24, 2.45) is 0 Å². The van der Waals surface area contributed by atoms with E-state index in [0.29, 0.717) is 6.42 Å². The maximum atomic E-state index is 12.2. The number of carbonyl (C=O) groups is 1. The van der Waals surface area contributed by atoms with Crippen LogP contribution in [0.5, 0.6) is 0 Å². The van der Waals surface area contributed by atoms with Gasteiger partial charge in [-0.1, -0.05) is 213 Å². The number of benzene rings is 1. The Morgan fingerprint density at radius 3 is 1.04 bits per heavy atom. The molecule has 0 bridgehead atoms. The molecule has 5 heteroatoms. The number of unbranched alkanes of at least 4 members (excludes halogenated alkanes) is 30. The summed E-state index contributed by atoms with van der Waals surface area (Å²) in [7, 11) is 0. The molecule has 0 saturated heterocycles. The highest BCUT2D eigenvalue weighted by Crippen LogP contribution is 2.30. The molecule has 0 aliphatic carbocycles. The Morgan fingerprint density at radius 2 is 0.750 bits per heavy atom. The van der Waals surface area contributed by atoms with E-state index in [1.165, 1.54) is 180 Å². The van der Waals surface area contributed by atoms with E-state index in [1.54, 1.807) is 6.07 Å². The molecule has 1 N–H and O–H groups in total. The van der Waals surface area contributed by atoms with Crippen LogP contribution in [0.15, 0.2) is 12.1 Å². The summed E-state index contributed by atoms with van der Waals surface area (Å²) in [5.41, 5.74) is 1.75. The van der Waals surface area contributed by atoms with Crippen molar-refractivity contribution in [2.45, 2.75) is 232 Å². The molecule has 0 saturated carbocycles. The summed E-state index contributed by atoms with van der Waals surface area (Å²) in [6.45, 7) is 4.55. The second kappa shape index (κ2) is 33.2. The number of hydrogen-bond acceptors (Lipinski definition) is 3. The average Bonchev–Trinajstić information content (AvgIpc) is 3.07. The van der Waals surface area contributed by atoms with Gasteiger partial charge in [0.2, 0.25) is 0 Å². The number of aromatic carboxylic acids is 1. The van der Waals surface area contributed by atoms with Gasteiger partial charge in [-0.2, -0.15) is 0 Å². The number of aryl methyl sites for hydroxylation is 2. The molecular formula is C43H77IO4. The molecule has 0 aliphatic heterocycles. The van der Waals surface area contributed by atoms with Gasteiger partial charge < -0.3 is 5.11 Å². The Balaban J connectivity index is 2.23. The molecule has 0 atom stereocenters. The smallest absolute Gasteiger partial charge is 0.342 e. The van der Waals surface area contributed by atoms with Gasteiger partial charge in [-0.25, -0.2) is 10.9 Å².